The van der Waals surface area contributed by atoms with E-state index < -0.39 is 0 Å². The highest BCUT2D eigenvalue weighted by atomic mass is 32.1. The molecule has 1 aromatic rings. The van der Waals surface area contributed by atoms with E-state index in [1.807, 2.05) is 6.07 Å². The molecule has 0 atom stereocenters. The largest absolute Gasteiger partial charge is 0.275 e. The lowest BCUT2D eigenvalue weighted by atomic mass is 10.1. The number of thiol groups is 1. The topological polar surface area (TPSA) is 43.1 Å². The molecule has 0 aromatic heterocycles. The van der Waals surface area contributed by atoms with Crippen molar-refractivity contribution in [3.05, 3.63) is 39.4 Å². The van der Waals surface area contributed by atoms with E-state index in [0.29, 0.717) is 17.7 Å². The zero-order chi connectivity index (χ0) is 9.84. The fraction of sp³-hybridized carbons (Fsp3) is 0.333. The Hall–Kier alpha value is -1.03. The quantitative estimate of drug-likeness (QED) is 0.459. The molecule has 0 amide bonds. The van der Waals surface area contributed by atoms with Crippen LogP contribution in [0.3, 0.4) is 0 Å². The molecule has 4 heteroatoms. The number of hydrogen-bond acceptors (Lipinski definition) is 3. The lowest BCUT2D eigenvalue weighted by Crippen LogP contribution is -1.98. The first-order valence-corrected chi connectivity index (χ1v) is 4.64. The minimum atomic E-state index is -0.325. The first-order valence-electron chi connectivity index (χ1n) is 4.00. The first-order chi connectivity index (χ1) is 6.16. The van der Waals surface area contributed by atoms with Crippen LogP contribution in [-0.4, -0.2) is 10.7 Å². The van der Waals surface area contributed by atoms with Crippen molar-refractivity contribution >= 4 is 18.3 Å². The van der Waals surface area contributed by atoms with Crippen molar-refractivity contribution in [2.24, 2.45) is 0 Å². The van der Waals surface area contributed by atoms with Gasteiger partial charge in [-0.05, 0) is 19.1 Å². The molecule has 3 nitrogen and oxygen atoms in total. The Morgan fingerprint density at radius 3 is 2.77 bits per heavy atom. The molecular formula is C9H11NO2S. The highest BCUT2D eigenvalue weighted by Crippen LogP contribution is 2.23. The van der Waals surface area contributed by atoms with Gasteiger partial charge in [-0.25, -0.2) is 0 Å². The number of rotatable bonds is 3. The van der Waals surface area contributed by atoms with Crippen LogP contribution in [0.15, 0.2) is 18.2 Å². The van der Waals surface area contributed by atoms with Crippen LogP contribution in [-0.2, 0) is 6.42 Å². The van der Waals surface area contributed by atoms with Gasteiger partial charge in [-0.2, -0.15) is 12.6 Å². The van der Waals surface area contributed by atoms with Gasteiger partial charge in [-0.1, -0.05) is 18.2 Å². The maximum Gasteiger partial charge on any atom is 0.275 e. The summed E-state index contributed by atoms with van der Waals surface area (Å²) in [5.74, 6) is 0.629. The van der Waals surface area contributed by atoms with Gasteiger partial charge in [-0.3, -0.25) is 10.1 Å². The lowest BCUT2D eigenvalue weighted by Gasteiger charge is -2.02. The van der Waals surface area contributed by atoms with Crippen LogP contribution in [0.1, 0.15) is 11.1 Å². The molecule has 0 fully saturated rings. The molecule has 0 unspecified atom stereocenters. The van der Waals surface area contributed by atoms with E-state index in [4.69, 9.17) is 0 Å². The van der Waals surface area contributed by atoms with Crippen LogP contribution >= 0.6 is 12.6 Å². The van der Waals surface area contributed by atoms with Gasteiger partial charge in [0, 0.05) is 11.1 Å². The number of nitro benzene ring substituents is 1. The SMILES string of the molecule is Cc1cccc(CCS)c1[N+](=O)[O-]. The van der Waals surface area contributed by atoms with E-state index in [9.17, 15) is 10.1 Å². The molecule has 0 spiro atoms. The van der Waals surface area contributed by atoms with Crippen molar-refractivity contribution in [3.8, 4) is 0 Å². The monoisotopic (exact) mass is 197 g/mol. The number of aryl methyl sites for hydroxylation is 2. The van der Waals surface area contributed by atoms with Crippen LogP contribution in [0.5, 0.6) is 0 Å². The van der Waals surface area contributed by atoms with E-state index in [1.54, 1.807) is 19.1 Å². The molecule has 1 rings (SSSR count). The van der Waals surface area contributed by atoms with E-state index in [-0.39, 0.29) is 10.6 Å². The van der Waals surface area contributed by atoms with Crippen molar-refractivity contribution in [1.29, 1.82) is 0 Å². The van der Waals surface area contributed by atoms with Gasteiger partial charge in [0.25, 0.3) is 5.69 Å². The Bertz CT molecular complexity index is 325. The molecule has 0 aliphatic rings. The first kappa shape index (κ1) is 10.1. The van der Waals surface area contributed by atoms with Crippen LogP contribution in [0.4, 0.5) is 5.69 Å². The molecule has 0 bridgehead atoms. The second-order valence-corrected chi connectivity index (χ2v) is 3.26. The summed E-state index contributed by atoms with van der Waals surface area (Å²) in [5.41, 5.74) is 1.71. The van der Waals surface area contributed by atoms with Crippen molar-refractivity contribution < 1.29 is 4.92 Å². The van der Waals surface area contributed by atoms with Gasteiger partial charge < -0.3 is 0 Å². The number of benzene rings is 1. The van der Waals surface area contributed by atoms with Crippen molar-refractivity contribution in [2.75, 3.05) is 5.75 Å². The summed E-state index contributed by atoms with van der Waals surface area (Å²) in [6.45, 7) is 1.75. The predicted octanol–water partition coefficient (Wildman–Crippen LogP) is 2.38. The van der Waals surface area contributed by atoms with Crippen LogP contribution in [0, 0.1) is 17.0 Å². The van der Waals surface area contributed by atoms with E-state index in [1.165, 1.54) is 0 Å². The van der Waals surface area contributed by atoms with E-state index >= 15 is 0 Å². The summed E-state index contributed by atoms with van der Waals surface area (Å²) in [7, 11) is 0. The van der Waals surface area contributed by atoms with Gasteiger partial charge in [0.15, 0.2) is 0 Å². The molecule has 0 aliphatic heterocycles. The third-order valence-electron chi connectivity index (χ3n) is 1.89. The maximum atomic E-state index is 10.7. The molecule has 0 heterocycles. The second kappa shape index (κ2) is 4.28. The summed E-state index contributed by atoms with van der Waals surface area (Å²) in [6, 6.07) is 5.36. The highest BCUT2D eigenvalue weighted by Gasteiger charge is 2.15. The summed E-state index contributed by atoms with van der Waals surface area (Å²) in [4.78, 5) is 10.4. The van der Waals surface area contributed by atoms with E-state index in [2.05, 4.69) is 12.6 Å². The normalized spacial score (nSPS) is 10.0. The summed E-state index contributed by atoms with van der Waals surface area (Å²) in [6.07, 6.45) is 0.640. The third kappa shape index (κ3) is 2.21. The molecule has 13 heavy (non-hydrogen) atoms. The Labute approximate surface area is 82.3 Å². The molecule has 0 saturated carbocycles. The average Bonchev–Trinajstić information content (AvgIpc) is 2.04. The molecule has 0 radical (unpaired) electrons. The number of hydrogen-bond donors (Lipinski definition) is 1. The summed E-state index contributed by atoms with van der Waals surface area (Å²) >= 11 is 4.06. The van der Waals surface area contributed by atoms with Gasteiger partial charge in [0.05, 0.1) is 4.92 Å². The Morgan fingerprint density at radius 1 is 1.54 bits per heavy atom. The van der Waals surface area contributed by atoms with Gasteiger partial charge in [0.1, 0.15) is 0 Å². The fourth-order valence-corrected chi connectivity index (χ4v) is 1.54. The van der Waals surface area contributed by atoms with E-state index in [0.717, 1.165) is 5.56 Å². The minimum absolute atomic E-state index is 0.233. The molecule has 0 saturated heterocycles. The molecule has 0 N–H and O–H groups in total. The Morgan fingerprint density at radius 2 is 2.23 bits per heavy atom. The zero-order valence-electron chi connectivity index (χ0n) is 7.36. The minimum Gasteiger partial charge on any atom is -0.258 e. The van der Waals surface area contributed by atoms with Crippen LogP contribution in [0.2, 0.25) is 0 Å². The number of para-hydroxylation sites is 1. The van der Waals surface area contributed by atoms with Gasteiger partial charge in [-0.15, -0.1) is 0 Å². The highest BCUT2D eigenvalue weighted by molar-refractivity contribution is 7.80. The second-order valence-electron chi connectivity index (χ2n) is 2.81. The summed E-state index contributed by atoms with van der Waals surface area (Å²) < 4.78 is 0. The third-order valence-corrected chi connectivity index (χ3v) is 2.11. The maximum absolute atomic E-state index is 10.7. The standard InChI is InChI=1S/C9H11NO2S/c1-7-3-2-4-8(5-6-13)9(7)10(11)12/h2-4,13H,5-6H2,1H3. The van der Waals surface area contributed by atoms with Crippen molar-refractivity contribution in [3.63, 3.8) is 0 Å². The molecule has 1 aromatic carbocycles. The summed E-state index contributed by atoms with van der Waals surface area (Å²) in [5, 5.41) is 10.7. The molecular weight excluding hydrogens is 186 g/mol. The van der Waals surface area contributed by atoms with Gasteiger partial charge in [0.2, 0.25) is 0 Å². The van der Waals surface area contributed by atoms with Crippen LogP contribution < -0.4 is 0 Å². The van der Waals surface area contributed by atoms with Gasteiger partial charge >= 0.3 is 0 Å². The molecule has 0 aliphatic carbocycles. The molecule has 70 valence electrons. The predicted molar refractivity (Wildman–Crippen MR) is 55.4 cm³/mol. The Balaban J connectivity index is 3.17. The van der Waals surface area contributed by atoms with Crippen molar-refractivity contribution in [2.45, 2.75) is 13.3 Å². The Kier molecular flexibility index (Phi) is 3.31. The van der Waals surface area contributed by atoms with Crippen molar-refractivity contribution in [1.82, 2.24) is 0 Å². The van der Waals surface area contributed by atoms with Crippen LogP contribution in [0.25, 0.3) is 0 Å². The number of nitro groups is 1. The average molecular weight is 197 g/mol. The fourth-order valence-electron chi connectivity index (χ4n) is 1.30. The zero-order valence-corrected chi connectivity index (χ0v) is 8.25. The number of nitrogens with zero attached hydrogens (tertiary/aromatic N) is 1. The smallest absolute Gasteiger partial charge is 0.258 e. The lowest BCUT2D eigenvalue weighted by molar-refractivity contribution is -0.386.